The number of aromatic nitrogens is 1. The summed E-state index contributed by atoms with van der Waals surface area (Å²) in [5, 5.41) is 6.84. The third-order valence-corrected chi connectivity index (χ3v) is 3.35. The van der Waals surface area contributed by atoms with Gasteiger partial charge in [0.2, 0.25) is 0 Å². The molecule has 0 saturated heterocycles. The van der Waals surface area contributed by atoms with Gasteiger partial charge in [0.25, 0.3) is 0 Å². The molecule has 0 amide bonds. The van der Waals surface area contributed by atoms with Crippen LogP contribution in [0, 0.1) is 0 Å². The number of methoxy groups -OCH3 is 1. The number of rotatable bonds is 4. The van der Waals surface area contributed by atoms with Gasteiger partial charge in [-0.15, -0.1) is 0 Å². The van der Waals surface area contributed by atoms with Crippen molar-refractivity contribution in [2.24, 2.45) is 0 Å². The standard InChI is InChI=1S/C16H15NO4/c1-3-20-15(18)9-13-16-12-6-5-11(19-2)8-10(12)4-7-14(16)21-17-13/h4-8H,3,9H2,1-2H3. The zero-order valence-corrected chi connectivity index (χ0v) is 11.9. The van der Waals surface area contributed by atoms with Crippen molar-refractivity contribution < 1.29 is 18.8 Å². The second kappa shape index (κ2) is 5.44. The molecule has 2 aromatic carbocycles. The quantitative estimate of drug-likeness (QED) is 0.689. The third-order valence-electron chi connectivity index (χ3n) is 3.35. The number of nitrogens with zero attached hydrogens (tertiary/aromatic N) is 1. The second-order valence-electron chi connectivity index (χ2n) is 4.64. The highest BCUT2D eigenvalue weighted by molar-refractivity contribution is 6.07. The van der Waals surface area contributed by atoms with Gasteiger partial charge in [-0.3, -0.25) is 4.79 Å². The summed E-state index contributed by atoms with van der Waals surface area (Å²) in [5.74, 6) is 0.475. The van der Waals surface area contributed by atoms with Crippen molar-refractivity contribution in [1.82, 2.24) is 5.16 Å². The Morgan fingerprint density at radius 1 is 1.29 bits per heavy atom. The molecule has 0 fully saturated rings. The molecule has 5 nitrogen and oxygen atoms in total. The number of benzene rings is 2. The molecule has 0 aliphatic carbocycles. The molecule has 1 aromatic heterocycles. The van der Waals surface area contributed by atoms with E-state index in [1.807, 2.05) is 30.3 Å². The summed E-state index contributed by atoms with van der Waals surface area (Å²) in [6.07, 6.45) is 0.103. The normalized spacial score (nSPS) is 11.0. The molecule has 0 atom stereocenters. The van der Waals surface area contributed by atoms with E-state index in [2.05, 4.69) is 5.16 Å². The fourth-order valence-electron chi connectivity index (χ4n) is 2.41. The molecule has 3 rings (SSSR count). The van der Waals surface area contributed by atoms with Crippen molar-refractivity contribution >= 4 is 27.7 Å². The first-order valence-corrected chi connectivity index (χ1v) is 6.73. The molecule has 0 aliphatic heterocycles. The van der Waals surface area contributed by atoms with Gasteiger partial charge in [-0.05, 0) is 42.0 Å². The predicted molar refractivity (Wildman–Crippen MR) is 78.4 cm³/mol. The van der Waals surface area contributed by atoms with Gasteiger partial charge in [0.05, 0.1) is 25.5 Å². The SMILES string of the molecule is CCOC(=O)Cc1noc2ccc3cc(OC)ccc3c12. The second-order valence-corrected chi connectivity index (χ2v) is 4.64. The Morgan fingerprint density at radius 2 is 2.14 bits per heavy atom. The summed E-state index contributed by atoms with van der Waals surface area (Å²) in [5.41, 5.74) is 1.26. The van der Waals surface area contributed by atoms with E-state index in [-0.39, 0.29) is 12.4 Å². The molecule has 1 heterocycles. The lowest BCUT2D eigenvalue weighted by Crippen LogP contribution is -2.07. The number of hydrogen-bond donors (Lipinski definition) is 0. The first-order valence-electron chi connectivity index (χ1n) is 6.73. The van der Waals surface area contributed by atoms with Crippen molar-refractivity contribution in [3.8, 4) is 5.75 Å². The lowest BCUT2D eigenvalue weighted by Gasteiger charge is -2.04. The van der Waals surface area contributed by atoms with Gasteiger partial charge in [-0.25, -0.2) is 0 Å². The Hall–Kier alpha value is -2.56. The van der Waals surface area contributed by atoms with Gasteiger partial charge in [0.1, 0.15) is 11.4 Å². The van der Waals surface area contributed by atoms with Crippen LogP contribution < -0.4 is 4.74 Å². The molecular weight excluding hydrogens is 270 g/mol. The van der Waals surface area contributed by atoms with Crippen LogP contribution in [0.4, 0.5) is 0 Å². The minimum atomic E-state index is -0.307. The number of carbonyl (C=O) groups is 1. The largest absolute Gasteiger partial charge is 0.497 e. The van der Waals surface area contributed by atoms with E-state index in [0.717, 1.165) is 21.9 Å². The maximum atomic E-state index is 11.7. The molecule has 108 valence electrons. The van der Waals surface area contributed by atoms with Crippen molar-refractivity contribution in [1.29, 1.82) is 0 Å². The van der Waals surface area contributed by atoms with E-state index in [1.54, 1.807) is 14.0 Å². The van der Waals surface area contributed by atoms with Gasteiger partial charge in [-0.2, -0.15) is 0 Å². The summed E-state index contributed by atoms with van der Waals surface area (Å²) in [6, 6.07) is 9.56. The molecule has 3 aromatic rings. The van der Waals surface area contributed by atoms with Crippen LogP contribution in [0.1, 0.15) is 12.6 Å². The van der Waals surface area contributed by atoms with E-state index in [1.165, 1.54) is 0 Å². The van der Waals surface area contributed by atoms with Crippen molar-refractivity contribution in [3.05, 3.63) is 36.0 Å². The lowest BCUT2D eigenvalue weighted by atomic mass is 10.0. The number of fused-ring (bicyclic) bond motifs is 3. The van der Waals surface area contributed by atoms with Crippen LogP contribution in [0.2, 0.25) is 0 Å². The monoisotopic (exact) mass is 285 g/mol. The van der Waals surface area contributed by atoms with E-state index < -0.39 is 0 Å². The Morgan fingerprint density at radius 3 is 2.90 bits per heavy atom. The predicted octanol–water partition coefficient (Wildman–Crippen LogP) is 3.10. The minimum absolute atomic E-state index is 0.103. The van der Waals surface area contributed by atoms with Gasteiger partial charge in [-0.1, -0.05) is 11.2 Å². The fraction of sp³-hybridized carbons (Fsp3) is 0.250. The summed E-state index contributed by atoms with van der Waals surface area (Å²) >= 11 is 0. The zero-order valence-electron chi connectivity index (χ0n) is 11.9. The van der Waals surface area contributed by atoms with E-state index in [9.17, 15) is 4.79 Å². The van der Waals surface area contributed by atoms with Crippen molar-refractivity contribution in [3.63, 3.8) is 0 Å². The van der Waals surface area contributed by atoms with Gasteiger partial charge >= 0.3 is 5.97 Å². The molecular formula is C16H15NO4. The van der Waals surface area contributed by atoms with Crippen LogP contribution in [0.3, 0.4) is 0 Å². The highest BCUT2D eigenvalue weighted by Gasteiger charge is 2.15. The zero-order chi connectivity index (χ0) is 14.8. The first kappa shape index (κ1) is 13.4. The van der Waals surface area contributed by atoms with Crippen LogP contribution in [-0.4, -0.2) is 24.8 Å². The maximum absolute atomic E-state index is 11.7. The molecule has 0 N–H and O–H groups in total. The summed E-state index contributed by atoms with van der Waals surface area (Å²) in [4.78, 5) is 11.7. The Kier molecular flexibility index (Phi) is 3.48. The molecule has 0 aliphatic rings. The van der Waals surface area contributed by atoms with Crippen LogP contribution >= 0.6 is 0 Å². The number of carbonyl (C=O) groups excluding carboxylic acids is 1. The average Bonchev–Trinajstić information content (AvgIpc) is 2.90. The molecule has 5 heteroatoms. The number of ether oxygens (including phenoxy) is 2. The highest BCUT2D eigenvalue weighted by Crippen LogP contribution is 2.30. The molecule has 0 bridgehead atoms. The molecule has 21 heavy (non-hydrogen) atoms. The summed E-state index contributed by atoms with van der Waals surface area (Å²) in [7, 11) is 1.63. The van der Waals surface area contributed by atoms with Crippen LogP contribution in [0.15, 0.2) is 34.9 Å². The Balaban J connectivity index is 2.13. The number of hydrogen-bond acceptors (Lipinski definition) is 5. The Bertz CT molecular complexity index is 806. The first-order chi connectivity index (χ1) is 10.2. The summed E-state index contributed by atoms with van der Waals surface area (Å²) in [6.45, 7) is 2.13. The molecule has 0 spiro atoms. The van der Waals surface area contributed by atoms with Crippen molar-refractivity contribution in [2.45, 2.75) is 13.3 Å². The van der Waals surface area contributed by atoms with E-state index in [0.29, 0.717) is 17.9 Å². The highest BCUT2D eigenvalue weighted by atomic mass is 16.5. The smallest absolute Gasteiger partial charge is 0.312 e. The topological polar surface area (TPSA) is 61.6 Å². The van der Waals surface area contributed by atoms with E-state index in [4.69, 9.17) is 14.0 Å². The fourth-order valence-corrected chi connectivity index (χ4v) is 2.41. The molecule has 0 unspecified atom stereocenters. The van der Waals surface area contributed by atoms with E-state index >= 15 is 0 Å². The molecule has 0 radical (unpaired) electrons. The van der Waals surface area contributed by atoms with Gasteiger partial charge in [0, 0.05) is 0 Å². The average molecular weight is 285 g/mol. The van der Waals surface area contributed by atoms with Crippen molar-refractivity contribution in [2.75, 3.05) is 13.7 Å². The lowest BCUT2D eigenvalue weighted by molar-refractivity contribution is -0.142. The van der Waals surface area contributed by atoms with Gasteiger partial charge in [0.15, 0.2) is 5.58 Å². The van der Waals surface area contributed by atoms with Crippen LogP contribution in [0.25, 0.3) is 21.7 Å². The maximum Gasteiger partial charge on any atom is 0.312 e. The summed E-state index contributed by atoms with van der Waals surface area (Å²) < 4.78 is 15.5. The van der Waals surface area contributed by atoms with Crippen LogP contribution in [-0.2, 0) is 16.0 Å². The number of esters is 1. The van der Waals surface area contributed by atoms with Crippen LogP contribution in [0.5, 0.6) is 5.75 Å². The van der Waals surface area contributed by atoms with Gasteiger partial charge < -0.3 is 14.0 Å². The Labute approximate surface area is 121 Å². The third kappa shape index (κ3) is 2.42. The molecule has 0 saturated carbocycles. The minimum Gasteiger partial charge on any atom is -0.497 e.